The van der Waals surface area contributed by atoms with E-state index >= 15 is 0 Å². The predicted octanol–water partition coefficient (Wildman–Crippen LogP) is 3.51. The number of aromatic nitrogens is 1. The maximum absolute atomic E-state index is 13.5. The SMILES string of the molecule is COc1ccc([C@H]([C@H]2CC2C(=O)N[C@H]2CC(C)(C)Oc3ccccc32)N2C(=O)CC(C)(C)N=C2N)cn1. The smallest absolute Gasteiger partial charge is 0.232 e. The molecule has 1 fully saturated rings. The lowest BCUT2D eigenvalue weighted by molar-refractivity contribution is -0.132. The quantitative estimate of drug-likeness (QED) is 0.620. The number of nitrogens with zero attached hydrogens (tertiary/aromatic N) is 3. The topological polar surface area (TPSA) is 119 Å². The minimum absolute atomic E-state index is 0.0331. The van der Waals surface area contributed by atoms with E-state index in [1.165, 1.54) is 0 Å². The molecule has 1 saturated carbocycles. The van der Waals surface area contributed by atoms with E-state index < -0.39 is 17.2 Å². The van der Waals surface area contributed by atoms with Gasteiger partial charge in [0.2, 0.25) is 17.7 Å². The second-order valence-electron chi connectivity index (χ2n) is 11.5. The van der Waals surface area contributed by atoms with Gasteiger partial charge in [0.25, 0.3) is 0 Å². The van der Waals surface area contributed by atoms with Crippen LogP contribution in [-0.4, -0.2) is 45.9 Å². The van der Waals surface area contributed by atoms with Gasteiger partial charge in [-0.1, -0.05) is 24.3 Å². The van der Waals surface area contributed by atoms with Crippen molar-refractivity contribution < 1.29 is 19.1 Å². The van der Waals surface area contributed by atoms with E-state index in [-0.39, 0.29) is 42.1 Å². The number of pyridine rings is 1. The molecule has 3 heterocycles. The Hall–Kier alpha value is -3.62. The summed E-state index contributed by atoms with van der Waals surface area (Å²) in [7, 11) is 1.55. The van der Waals surface area contributed by atoms with Crippen molar-refractivity contribution in [2.75, 3.05) is 7.11 Å². The number of nitrogens with two attached hydrogens (primary N) is 1. The van der Waals surface area contributed by atoms with Gasteiger partial charge >= 0.3 is 0 Å². The van der Waals surface area contributed by atoms with E-state index in [1.54, 1.807) is 24.3 Å². The van der Waals surface area contributed by atoms with Crippen LogP contribution in [0.15, 0.2) is 47.6 Å². The Morgan fingerprint density at radius 1 is 1.22 bits per heavy atom. The average molecular weight is 506 g/mol. The van der Waals surface area contributed by atoms with Crippen LogP contribution in [0.1, 0.15) is 70.2 Å². The minimum atomic E-state index is -0.566. The first-order valence-electron chi connectivity index (χ1n) is 12.7. The summed E-state index contributed by atoms with van der Waals surface area (Å²) < 4.78 is 11.3. The molecule has 5 rings (SSSR count). The largest absolute Gasteiger partial charge is 0.487 e. The Morgan fingerprint density at radius 2 is 1.97 bits per heavy atom. The molecule has 9 heteroatoms. The van der Waals surface area contributed by atoms with Gasteiger partial charge in [-0.25, -0.2) is 9.98 Å². The van der Waals surface area contributed by atoms with Gasteiger partial charge in [-0.2, -0.15) is 0 Å². The van der Waals surface area contributed by atoms with E-state index in [0.717, 1.165) is 16.9 Å². The Bertz CT molecular complexity index is 1240. The number of aliphatic imine (C=N–C) groups is 1. The van der Waals surface area contributed by atoms with Crippen molar-refractivity contribution in [1.29, 1.82) is 0 Å². The highest BCUT2D eigenvalue weighted by Gasteiger charge is 2.53. The number of hydrogen-bond acceptors (Lipinski definition) is 7. The highest BCUT2D eigenvalue weighted by atomic mass is 16.5. The normalized spacial score (nSPS) is 26.3. The zero-order chi connectivity index (χ0) is 26.5. The van der Waals surface area contributed by atoms with E-state index in [0.29, 0.717) is 18.7 Å². The lowest BCUT2D eigenvalue weighted by Gasteiger charge is -2.38. The van der Waals surface area contributed by atoms with E-state index in [2.05, 4.69) is 15.3 Å². The van der Waals surface area contributed by atoms with Crippen molar-refractivity contribution in [2.24, 2.45) is 22.6 Å². The Kier molecular flexibility index (Phi) is 6.12. The van der Waals surface area contributed by atoms with Gasteiger partial charge in [-0.05, 0) is 51.7 Å². The molecule has 3 aliphatic rings. The van der Waals surface area contributed by atoms with Crippen LogP contribution in [0.25, 0.3) is 0 Å². The number of guanidine groups is 1. The van der Waals surface area contributed by atoms with Gasteiger partial charge in [0.05, 0.1) is 31.2 Å². The Morgan fingerprint density at radius 3 is 2.65 bits per heavy atom. The van der Waals surface area contributed by atoms with Crippen LogP contribution in [0, 0.1) is 11.8 Å². The van der Waals surface area contributed by atoms with Crippen molar-refractivity contribution in [2.45, 2.75) is 70.2 Å². The van der Waals surface area contributed by atoms with Gasteiger partial charge in [0, 0.05) is 30.2 Å². The molecule has 2 aromatic rings. The molecule has 3 N–H and O–H groups in total. The fraction of sp³-hybridized carbons (Fsp3) is 0.500. The summed E-state index contributed by atoms with van der Waals surface area (Å²) in [5, 5.41) is 3.27. The number of fused-ring (bicyclic) bond motifs is 1. The van der Waals surface area contributed by atoms with Crippen LogP contribution in [-0.2, 0) is 9.59 Å². The molecular weight excluding hydrogens is 470 g/mol. The van der Waals surface area contributed by atoms with E-state index in [9.17, 15) is 9.59 Å². The number of ether oxygens (including phenoxy) is 2. The molecule has 1 aromatic carbocycles. The summed E-state index contributed by atoms with van der Waals surface area (Å²) in [4.78, 5) is 37.3. The number of nitrogens with one attached hydrogen (secondary N) is 1. The van der Waals surface area contributed by atoms with Crippen molar-refractivity contribution in [1.82, 2.24) is 15.2 Å². The molecule has 0 spiro atoms. The van der Waals surface area contributed by atoms with Crippen molar-refractivity contribution in [3.63, 3.8) is 0 Å². The first-order chi connectivity index (χ1) is 17.5. The second-order valence-corrected chi connectivity index (χ2v) is 11.5. The molecular formula is C28H35N5O4. The number of carbonyl (C=O) groups excluding carboxylic acids is 2. The number of carbonyl (C=O) groups is 2. The predicted molar refractivity (Wildman–Crippen MR) is 139 cm³/mol. The third-order valence-corrected chi connectivity index (χ3v) is 7.38. The highest BCUT2D eigenvalue weighted by Crippen LogP contribution is 2.51. The standard InChI is InChI=1S/C28H35N5O4/c1-27(2)14-23(34)33(26(29)32-27)24(16-10-11-22(36-5)30-15-16)18-12-19(18)25(35)31-20-13-28(3,4)37-21-9-7-6-8-17(20)21/h6-11,15,18-20,24H,12-14H2,1-5H3,(H2,29,32)(H,31,35)/t18-,19?,20-,24+/m0/s1. The maximum atomic E-state index is 13.5. The lowest BCUT2D eigenvalue weighted by atomic mass is 9.89. The second kappa shape index (κ2) is 9.04. The van der Waals surface area contributed by atoms with Gasteiger partial charge in [0.15, 0.2) is 5.96 Å². The van der Waals surface area contributed by atoms with Gasteiger partial charge in [-0.15, -0.1) is 0 Å². The monoisotopic (exact) mass is 505 g/mol. The number of hydrogen-bond donors (Lipinski definition) is 2. The van der Waals surface area contributed by atoms with Crippen LogP contribution in [0.5, 0.6) is 11.6 Å². The van der Waals surface area contributed by atoms with Gasteiger partial charge < -0.3 is 20.5 Å². The van der Waals surface area contributed by atoms with Crippen LogP contribution in [0.2, 0.25) is 0 Å². The molecule has 0 saturated heterocycles. The molecule has 1 aromatic heterocycles. The molecule has 2 amide bonds. The molecule has 196 valence electrons. The van der Waals surface area contributed by atoms with Gasteiger partial charge in [-0.3, -0.25) is 14.5 Å². The number of para-hydroxylation sites is 1. The molecule has 0 radical (unpaired) electrons. The third kappa shape index (κ3) is 4.99. The summed E-state index contributed by atoms with van der Waals surface area (Å²) >= 11 is 0. The first kappa shape index (κ1) is 25.0. The molecule has 4 atom stereocenters. The number of rotatable bonds is 6. The first-order valence-corrected chi connectivity index (χ1v) is 12.7. The van der Waals surface area contributed by atoms with E-state index in [1.807, 2.05) is 58.0 Å². The molecule has 0 bridgehead atoms. The fourth-order valence-corrected chi connectivity index (χ4v) is 5.63. The molecule has 37 heavy (non-hydrogen) atoms. The lowest BCUT2D eigenvalue weighted by Crippen LogP contribution is -2.52. The van der Waals surface area contributed by atoms with Crippen LogP contribution in [0.3, 0.4) is 0 Å². The zero-order valence-corrected chi connectivity index (χ0v) is 22.0. The molecule has 2 aliphatic heterocycles. The summed E-state index contributed by atoms with van der Waals surface area (Å²) in [5.41, 5.74) is 7.17. The Balaban J connectivity index is 1.41. The van der Waals surface area contributed by atoms with Gasteiger partial charge in [0.1, 0.15) is 11.4 Å². The zero-order valence-electron chi connectivity index (χ0n) is 22.0. The number of amides is 2. The molecule has 1 aliphatic carbocycles. The fourth-order valence-electron chi connectivity index (χ4n) is 5.63. The third-order valence-electron chi connectivity index (χ3n) is 7.38. The van der Waals surface area contributed by atoms with Crippen molar-refractivity contribution in [3.8, 4) is 11.6 Å². The maximum Gasteiger partial charge on any atom is 0.232 e. The summed E-state index contributed by atoms with van der Waals surface area (Å²) in [6.45, 7) is 7.83. The number of benzene rings is 1. The minimum Gasteiger partial charge on any atom is -0.487 e. The van der Waals surface area contributed by atoms with Crippen LogP contribution >= 0.6 is 0 Å². The number of methoxy groups -OCH3 is 1. The summed E-state index contributed by atoms with van der Waals surface area (Å²) in [5.74, 6) is 0.926. The van der Waals surface area contributed by atoms with Crippen molar-refractivity contribution >= 4 is 17.8 Å². The van der Waals surface area contributed by atoms with E-state index in [4.69, 9.17) is 15.2 Å². The average Bonchev–Trinajstić information content (AvgIpc) is 3.61. The Labute approximate surface area is 217 Å². The summed E-state index contributed by atoms with van der Waals surface area (Å²) in [6.07, 6.45) is 3.23. The van der Waals surface area contributed by atoms with Crippen LogP contribution in [0.4, 0.5) is 0 Å². The van der Waals surface area contributed by atoms with Crippen LogP contribution < -0.4 is 20.5 Å². The summed E-state index contributed by atoms with van der Waals surface area (Å²) in [6, 6.07) is 10.9. The molecule has 9 nitrogen and oxygen atoms in total. The molecule has 1 unspecified atom stereocenters. The highest BCUT2D eigenvalue weighted by molar-refractivity contribution is 5.99. The van der Waals surface area contributed by atoms with Crippen molar-refractivity contribution in [3.05, 3.63) is 53.7 Å².